The number of allylic oxidation sites excluding steroid dienone is 1. The fourth-order valence-electron chi connectivity index (χ4n) is 2.64. The Kier molecular flexibility index (Phi) is 6.80. The van der Waals surface area contributed by atoms with Crippen LogP contribution in [0.15, 0.2) is 23.0 Å². The van der Waals surface area contributed by atoms with Crippen molar-refractivity contribution in [2.75, 3.05) is 13.2 Å². The fourth-order valence-corrected chi connectivity index (χ4v) is 2.64. The van der Waals surface area contributed by atoms with Gasteiger partial charge in [0.15, 0.2) is 0 Å². The Hall–Kier alpha value is -1.37. The number of carboxylic acid groups (broad SMARTS) is 1. The third-order valence-corrected chi connectivity index (χ3v) is 4.40. The first-order valence-corrected chi connectivity index (χ1v) is 7.95. The SMILES string of the molecule is CC1=CC(OCC(O)CNC(C)C)=C(C)C(C)C1(O)CC(=O)O. The number of aliphatic hydroxyl groups is 2. The van der Waals surface area contributed by atoms with E-state index in [-0.39, 0.29) is 25.0 Å². The first kappa shape index (κ1) is 19.7. The molecular formula is C17H29NO5. The molecule has 3 unspecified atom stereocenters. The van der Waals surface area contributed by atoms with Crippen molar-refractivity contribution in [2.24, 2.45) is 5.92 Å². The van der Waals surface area contributed by atoms with E-state index in [1.807, 2.05) is 20.8 Å². The second-order valence-electron chi connectivity index (χ2n) is 6.62. The van der Waals surface area contributed by atoms with Crippen molar-refractivity contribution in [2.45, 2.75) is 58.8 Å². The van der Waals surface area contributed by atoms with E-state index in [2.05, 4.69) is 5.32 Å². The summed E-state index contributed by atoms with van der Waals surface area (Å²) in [7, 11) is 0. The first-order chi connectivity index (χ1) is 10.6. The standard InChI is InChI=1S/C17H29NO5/c1-10(2)18-8-14(19)9-23-15-6-11(3)17(22,7-16(20)21)13(5)12(15)4/h6,10,13-14,18-19,22H,7-9H2,1-5H3,(H,20,21). The van der Waals surface area contributed by atoms with Crippen LogP contribution < -0.4 is 5.32 Å². The van der Waals surface area contributed by atoms with Gasteiger partial charge in [0.25, 0.3) is 0 Å². The van der Waals surface area contributed by atoms with E-state index in [0.717, 1.165) is 5.57 Å². The molecule has 1 rings (SSSR count). The van der Waals surface area contributed by atoms with Crippen molar-refractivity contribution in [1.29, 1.82) is 0 Å². The lowest BCUT2D eigenvalue weighted by Gasteiger charge is -2.38. The molecule has 1 aliphatic rings. The molecule has 0 fully saturated rings. The Labute approximate surface area is 137 Å². The van der Waals surface area contributed by atoms with Crippen molar-refractivity contribution in [3.63, 3.8) is 0 Å². The van der Waals surface area contributed by atoms with Crippen molar-refractivity contribution in [3.8, 4) is 0 Å². The largest absolute Gasteiger partial charge is 0.491 e. The number of hydrogen-bond donors (Lipinski definition) is 4. The Bertz CT molecular complexity index is 497. The first-order valence-electron chi connectivity index (χ1n) is 7.95. The Balaban J connectivity index is 2.76. The maximum Gasteiger partial charge on any atom is 0.306 e. The van der Waals surface area contributed by atoms with Crippen LogP contribution in [0.3, 0.4) is 0 Å². The van der Waals surface area contributed by atoms with Crippen LogP contribution in [-0.4, -0.2) is 52.2 Å². The molecule has 0 aromatic carbocycles. The van der Waals surface area contributed by atoms with Gasteiger partial charge in [-0.3, -0.25) is 4.79 Å². The quantitative estimate of drug-likeness (QED) is 0.538. The average Bonchev–Trinajstić information content (AvgIpc) is 2.45. The molecule has 0 bridgehead atoms. The van der Waals surface area contributed by atoms with E-state index in [4.69, 9.17) is 9.84 Å². The van der Waals surface area contributed by atoms with Gasteiger partial charge in [0.1, 0.15) is 24.1 Å². The highest BCUT2D eigenvalue weighted by atomic mass is 16.5. The molecule has 0 amide bonds. The lowest BCUT2D eigenvalue weighted by Crippen LogP contribution is -2.43. The molecule has 4 N–H and O–H groups in total. The number of ether oxygens (including phenoxy) is 1. The molecule has 6 heteroatoms. The summed E-state index contributed by atoms with van der Waals surface area (Å²) in [6, 6.07) is 0.286. The second-order valence-corrected chi connectivity index (χ2v) is 6.62. The average molecular weight is 327 g/mol. The van der Waals surface area contributed by atoms with Crippen LogP contribution in [0.2, 0.25) is 0 Å². The number of aliphatic hydroxyl groups excluding tert-OH is 1. The predicted octanol–water partition coefficient (Wildman–Crippen LogP) is 1.44. The van der Waals surface area contributed by atoms with Crippen LogP contribution in [0.5, 0.6) is 0 Å². The van der Waals surface area contributed by atoms with Crippen molar-refractivity contribution < 1.29 is 24.9 Å². The highest BCUT2D eigenvalue weighted by Crippen LogP contribution is 2.40. The van der Waals surface area contributed by atoms with Crippen LogP contribution in [0, 0.1) is 5.92 Å². The summed E-state index contributed by atoms with van der Waals surface area (Å²) in [5.74, 6) is -0.822. The van der Waals surface area contributed by atoms with Crippen LogP contribution in [0.1, 0.15) is 41.0 Å². The molecule has 0 aromatic rings. The van der Waals surface area contributed by atoms with E-state index < -0.39 is 17.7 Å². The van der Waals surface area contributed by atoms with Crippen LogP contribution in [-0.2, 0) is 9.53 Å². The Morgan fingerprint density at radius 1 is 1.43 bits per heavy atom. The summed E-state index contributed by atoms with van der Waals surface area (Å²) >= 11 is 0. The van der Waals surface area contributed by atoms with Gasteiger partial charge in [0, 0.05) is 18.5 Å². The topological polar surface area (TPSA) is 99.0 Å². The molecule has 23 heavy (non-hydrogen) atoms. The molecule has 1 aliphatic carbocycles. The molecule has 0 aromatic heterocycles. The minimum Gasteiger partial charge on any atom is -0.491 e. The summed E-state index contributed by atoms with van der Waals surface area (Å²) in [5.41, 5.74) is -0.0632. The van der Waals surface area contributed by atoms with Crippen LogP contribution >= 0.6 is 0 Å². The third kappa shape index (κ3) is 5.06. The second kappa shape index (κ2) is 7.95. The predicted molar refractivity (Wildman–Crippen MR) is 87.9 cm³/mol. The fraction of sp³-hybridized carbons (Fsp3) is 0.706. The van der Waals surface area contributed by atoms with Gasteiger partial charge in [-0.1, -0.05) is 20.8 Å². The number of aliphatic carboxylic acids is 1. The van der Waals surface area contributed by atoms with Crippen molar-refractivity contribution in [1.82, 2.24) is 5.32 Å². The molecule has 0 saturated carbocycles. The molecule has 3 atom stereocenters. The molecule has 0 spiro atoms. The summed E-state index contributed by atoms with van der Waals surface area (Å²) in [4.78, 5) is 11.0. The number of carbonyl (C=O) groups is 1. The van der Waals surface area contributed by atoms with E-state index in [1.54, 1.807) is 19.9 Å². The van der Waals surface area contributed by atoms with Crippen LogP contribution in [0.4, 0.5) is 0 Å². The molecule has 0 heterocycles. The molecule has 6 nitrogen and oxygen atoms in total. The molecule has 0 aliphatic heterocycles. The number of rotatable bonds is 8. The highest BCUT2D eigenvalue weighted by Gasteiger charge is 2.42. The van der Waals surface area contributed by atoms with Crippen LogP contribution in [0.25, 0.3) is 0 Å². The molecular weight excluding hydrogens is 298 g/mol. The van der Waals surface area contributed by atoms with E-state index in [9.17, 15) is 15.0 Å². The number of carboxylic acids is 1. The zero-order valence-electron chi connectivity index (χ0n) is 14.6. The number of hydrogen-bond acceptors (Lipinski definition) is 5. The Morgan fingerprint density at radius 2 is 2.04 bits per heavy atom. The zero-order valence-corrected chi connectivity index (χ0v) is 14.6. The van der Waals surface area contributed by atoms with Gasteiger partial charge in [0.2, 0.25) is 0 Å². The maximum absolute atomic E-state index is 11.0. The minimum atomic E-state index is -1.40. The van der Waals surface area contributed by atoms with E-state index in [0.29, 0.717) is 17.9 Å². The summed E-state index contributed by atoms with van der Waals surface area (Å²) in [6.45, 7) is 9.87. The van der Waals surface area contributed by atoms with E-state index in [1.165, 1.54) is 0 Å². The van der Waals surface area contributed by atoms with Gasteiger partial charge in [-0.05, 0) is 31.1 Å². The zero-order chi connectivity index (χ0) is 17.8. The molecule has 0 saturated heterocycles. The number of nitrogens with one attached hydrogen (secondary N) is 1. The van der Waals surface area contributed by atoms with Crippen molar-refractivity contribution in [3.05, 3.63) is 23.0 Å². The van der Waals surface area contributed by atoms with Crippen molar-refractivity contribution >= 4 is 5.97 Å². The minimum absolute atomic E-state index is 0.139. The normalized spacial score (nSPS) is 26.3. The lowest BCUT2D eigenvalue weighted by molar-refractivity contribution is -0.142. The van der Waals surface area contributed by atoms with Gasteiger partial charge in [-0.2, -0.15) is 0 Å². The monoisotopic (exact) mass is 327 g/mol. The highest BCUT2D eigenvalue weighted by molar-refractivity contribution is 5.69. The lowest BCUT2D eigenvalue weighted by atomic mass is 9.73. The summed E-state index contributed by atoms with van der Waals surface area (Å²) in [6.07, 6.45) is 0.685. The Morgan fingerprint density at radius 3 is 2.57 bits per heavy atom. The maximum atomic E-state index is 11.0. The summed E-state index contributed by atoms with van der Waals surface area (Å²) in [5, 5.41) is 32.8. The van der Waals surface area contributed by atoms with Gasteiger partial charge in [0.05, 0.1) is 6.42 Å². The van der Waals surface area contributed by atoms with Gasteiger partial charge < -0.3 is 25.4 Å². The van der Waals surface area contributed by atoms with Gasteiger partial charge in [-0.15, -0.1) is 0 Å². The summed E-state index contributed by atoms with van der Waals surface area (Å²) < 4.78 is 5.68. The van der Waals surface area contributed by atoms with Gasteiger partial charge >= 0.3 is 5.97 Å². The molecule has 132 valence electrons. The third-order valence-electron chi connectivity index (χ3n) is 4.40. The smallest absolute Gasteiger partial charge is 0.306 e. The molecule has 0 radical (unpaired) electrons. The van der Waals surface area contributed by atoms with E-state index >= 15 is 0 Å². The van der Waals surface area contributed by atoms with Gasteiger partial charge in [-0.25, -0.2) is 0 Å².